The van der Waals surface area contributed by atoms with E-state index in [9.17, 15) is 0 Å². The second-order valence-corrected chi connectivity index (χ2v) is 5.27. The first kappa shape index (κ1) is 18.8. The Morgan fingerprint density at radius 1 is 1.36 bits per heavy atom. The van der Waals surface area contributed by atoms with Crippen molar-refractivity contribution in [2.45, 2.75) is 13.1 Å². The summed E-state index contributed by atoms with van der Waals surface area (Å²) >= 11 is 5.90. The maximum absolute atomic E-state index is 5.90. The van der Waals surface area contributed by atoms with Crippen molar-refractivity contribution in [1.82, 2.24) is 19.8 Å². The average molecular weight is 434 g/mol. The van der Waals surface area contributed by atoms with E-state index in [0.29, 0.717) is 6.54 Å². The Morgan fingerprint density at radius 3 is 2.59 bits per heavy atom. The summed E-state index contributed by atoms with van der Waals surface area (Å²) in [6.07, 6.45) is 3.72. The molecule has 1 aromatic heterocycles. The number of aromatic nitrogens is 2. The summed E-state index contributed by atoms with van der Waals surface area (Å²) < 4.78 is 1.99. The summed E-state index contributed by atoms with van der Waals surface area (Å²) in [5.74, 6) is 1.80. The van der Waals surface area contributed by atoms with Crippen LogP contribution in [0.5, 0.6) is 0 Å². The van der Waals surface area contributed by atoms with E-state index in [1.807, 2.05) is 49.1 Å². The van der Waals surface area contributed by atoms with Crippen molar-refractivity contribution in [2.24, 2.45) is 12.0 Å². The zero-order valence-corrected chi connectivity index (χ0v) is 16.0. The fourth-order valence-electron chi connectivity index (χ4n) is 2.05. The van der Waals surface area contributed by atoms with Crippen LogP contribution in [-0.2, 0) is 20.1 Å². The fraction of sp³-hybridized carbons (Fsp3) is 0.333. The van der Waals surface area contributed by atoms with E-state index in [1.54, 1.807) is 13.2 Å². The number of hydrogen-bond acceptors (Lipinski definition) is 2. The standard InChI is InChI=1S/C15H20ClN5.HI/c1-17-15(19-10-14-18-8-9-20(14)2)21(3)11-12-4-6-13(16)7-5-12;/h4-9H,10-11H2,1-3H3,(H,17,19);1H. The maximum atomic E-state index is 5.90. The molecule has 2 aromatic rings. The molecule has 0 fully saturated rings. The lowest BCUT2D eigenvalue weighted by molar-refractivity contribution is 0.474. The molecule has 0 aliphatic rings. The largest absolute Gasteiger partial charge is 0.349 e. The molecule has 120 valence electrons. The monoisotopic (exact) mass is 433 g/mol. The summed E-state index contributed by atoms with van der Waals surface area (Å²) in [7, 11) is 5.76. The second kappa shape index (κ2) is 8.99. The Hall–Kier alpha value is -1.28. The van der Waals surface area contributed by atoms with Gasteiger partial charge in [0.25, 0.3) is 0 Å². The molecule has 0 radical (unpaired) electrons. The number of rotatable bonds is 4. The van der Waals surface area contributed by atoms with E-state index in [-0.39, 0.29) is 24.0 Å². The molecule has 22 heavy (non-hydrogen) atoms. The van der Waals surface area contributed by atoms with Crippen LogP contribution >= 0.6 is 35.6 Å². The molecule has 1 heterocycles. The molecule has 5 nitrogen and oxygen atoms in total. The summed E-state index contributed by atoms with van der Waals surface area (Å²) in [6, 6.07) is 7.83. The number of nitrogens with zero attached hydrogens (tertiary/aromatic N) is 4. The number of aryl methyl sites for hydroxylation is 1. The van der Waals surface area contributed by atoms with E-state index in [1.165, 1.54) is 5.56 Å². The molecule has 0 bridgehead atoms. The molecule has 2 rings (SSSR count). The predicted molar refractivity (Wildman–Crippen MR) is 102 cm³/mol. The predicted octanol–water partition coefficient (Wildman–Crippen LogP) is 2.90. The molecule has 1 aromatic carbocycles. The van der Waals surface area contributed by atoms with Gasteiger partial charge in [-0.25, -0.2) is 4.98 Å². The highest BCUT2D eigenvalue weighted by atomic mass is 127. The van der Waals surface area contributed by atoms with E-state index >= 15 is 0 Å². The molecular weight excluding hydrogens is 413 g/mol. The minimum absolute atomic E-state index is 0. The summed E-state index contributed by atoms with van der Waals surface area (Å²) in [5, 5.41) is 4.06. The van der Waals surface area contributed by atoms with Gasteiger partial charge in [-0.2, -0.15) is 0 Å². The molecule has 0 saturated carbocycles. The lowest BCUT2D eigenvalue weighted by atomic mass is 10.2. The van der Waals surface area contributed by atoms with Gasteiger partial charge in [0.2, 0.25) is 0 Å². The van der Waals surface area contributed by atoms with Crippen LogP contribution in [0.2, 0.25) is 5.02 Å². The normalized spacial score (nSPS) is 11.0. The first-order chi connectivity index (χ1) is 10.1. The van der Waals surface area contributed by atoms with Crippen molar-refractivity contribution in [2.75, 3.05) is 14.1 Å². The lowest BCUT2D eigenvalue weighted by Gasteiger charge is -2.22. The van der Waals surface area contributed by atoms with E-state index in [0.717, 1.165) is 23.4 Å². The first-order valence-electron chi connectivity index (χ1n) is 6.72. The highest BCUT2D eigenvalue weighted by Gasteiger charge is 2.08. The average Bonchev–Trinajstić information content (AvgIpc) is 2.88. The smallest absolute Gasteiger partial charge is 0.194 e. The molecular formula is C15H21ClIN5. The van der Waals surface area contributed by atoms with Crippen LogP contribution in [0.1, 0.15) is 11.4 Å². The number of benzene rings is 1. The number of aliphatic imine (C=N–C) groups is 1. The number of guanidine groups is 1. The van der Waals surface area contributed by atoms with Crippen molar-refractivity contribution in [3.8, 4) is 0 Å². The van der Waals surface area contributed by atoms with Crippen LogP contribution in [0.25, 0.3) is 0 Å². The molecule has 0 atom stereocenters. The Balaban J connectivity index is 0.00000242. The van der Waals surface area contributed by atoms with Gasteiger partial charge in [-0.3, -0.25) is 4.99 Å². The van der Waals surface area contributed by atoms with Gasteiger partial charge in [-0.05, 0) is 17.7 Å². The Morgan fingerprint density at radius 2 is 2.05 bits per heavy atom. The van der Waals surface area contributed by atoms with Crippen molar-refractivity contribution >= 4 is 41.5 Å². The maximum Gasteiger partial charge on any atom is 0.194 e. The van der Waals surface area contributed by atoms with Crippen molar-refractivity contribution in [3.05, 3.63) is 53.1 Å². The third-order valence-corrected chi connectivity index (χ3v) is 3.48. The Bertz CT molecular complexity index is 609. The highest BCUT2D eigenvalue weighted by molar-refractivity contribution is 14.0. The van der Waals surface area contributed by atoms with Gasteiger partial charge in [0.05, 0.1) is 6.54 Å². The van der Waals surface area contributed by atoms with Crippen molar-refractivity contribution in [3.63, 3.8) is 0 Å². The van der Waals surface area contributed by atoms with Gasteiger partial charge < -0.3 is 14.8 Å². The van der Waals surface area contributed by atoms with Crippen LogP contribution in [-0.4, -0.2) is 34.5 Å². The Labute approximate surface area is 153 Å². The summed E-state index contributed by atoms with van der Waals surface area (Å²) in [5.41, 5.74) is 1.18. The fourth-order valence-corrected chi connectivity index (χ4v) is 2.17. The summed E-state index contributed by atoms with van der Waals surface area (Å²) in [6.45, 7) is 1.40. The molecule has 0 amide bonds. The molecule has 0 aliphatic carbocycles. The minimum Gasteiger partial charge on any atom is -0.349 e. The van der Waals surface area contributed by atoms with Gasteiger partial charge in [0.1, 0.15) is 5.82 Å². The van der Waals surface area contributed by atoms with E-state index < -0.39 is 0 Å². The van der Waals surface area contributed by atoms with E-state index in [4.69, 9.17) is 11.6 Å². The van der Waals surface area contributed by atoms with Crippen LogP contribution in [0, 0.1) is 0 Å². The molecule has 1 N–H and O–H groups in total. The molecule has 0 unspecified atom stereocenters. The van der Waals surface area contributed by atoms with E-state index in [2.05, 4.69) is 20.2 Å². The number of halogens is 2. The quantitative estimate of drug-likeness (QED) is 0.458. The Kier molecular flexibility index (Phi) is 7.67. The number of nitrogens with one attached hydrogen (secondary N) is 1. The van der Waals surface area contributed by atoms with Crippen LogP contribution in [0.15, 0.2) is 41.7 Å². The zero-order chi connectivity index (χ0) is 15.2. The second-order valence-electron chi connectivity index (χ2n) is 4.84. The third-order valence-electron chi connectivity index (χ3n) is 3.23. The lowest BCUT2D eigenvalue weighted by Crippen LogP contribution is -2.38. The van der Waals surface area contributed by atoms with Crippen LogP contribution in [0.4, 0.5) is 0 Å². The molecule has 0 spiro atoms. The van der Waals surface area contributed by atoms with Crippen LogP contribution in [0.3, 0.4) is 0 Å². The zero-order valence-electron chi connectivity index (χ0n) is 13.0. The van der Waals surface area contributed by atoms with Crippen LogP contribution < -0.4 is 5.32 Å². The minimum atomic E-state index is 0. The first-order valence-corrected chi connectivity index (χ1v) is 7.10. The number of hydrogen-bond donors (Lipinski definition) is 1. The van der Waals surface area contributed by atoms with Gasteiger partial charge >= 0.3 is 0 Å². The SMILES string of the molecule is CN=C(NCc1nccn1C)N(C)Cc1ccc(Cl)cc1.I. The van der Waals surface area contributed by atoms with Gasteiger partial charge in [0, 0.05) is 45.1 Å². The summed E-state index contributed by atoms with van der Waals surface area (Å²) in [4.78, 5) is 10.6. The van der Waals surface area contributed by atoms with Gasteiger partial charge in [-0.1, -0.05) is 23.7 Å². The topological polar surface area (TPSA) is 45.5 Å². The highest BCUT2D eigenvalue weighted by Crippen LogP contribution is 2.11. The van der Waals surface area contributed by atoms with Crippen molar-refractivity contribution < 1.29 is 0 Å². The van der Waals surface area contributed by atoms with Gasteiger partial charge in [0.15, 0.2) is 5.96 Å². The number of imidazole rings is 1. The molecule has 0 saturated heterocycles. The van der Waals surface area contributed by atoms with Crippen molar-refractivity contribution in [1.29, 1.82) is 0 Å². The molecule has 7 heteroatoms. The molecule has 0 aliphatic heterocycles. The third kappa shape index (κ3) is 5.17. The van der Waals surface area contributed by atoms with Gasteiger partial charge in [-0.15, -0.1) is 24.0 Å².